The fraction of sp³-hybridized carbons (Fsp3) is 0.385. The van der Waals surface area contributed by atoms with Crippen LogP contribution < -0.4 is 10.1 Å². The van der Waals surface area contributed by atoms with Gasteiger partial charge in [-0.2, -0.15) is 4.98 Å². The molecule has 1 N–H and O–H groups in total. The Kier molecular flexibility index (Phi) is 3.81. The van der Waals surface area contributed by atoms with Gasteiger partial charge in [0.2, 0.25) is 11.8 Å². The van der Waals surface area contributed by atoms with Crippen molar-refractivity contribution in [3.05, 3.63) is 23.1 Å². The van der Waals surface area contributed by atoms with E-state index in [0.717, 1.165) is 22.2 Å². The molecule has 2 aromatic rings. The van der Waals surface area contributed by atoms with Crippen LogP contribution in [0.15, 0.2) is 18.2 Å². The normalized spacial score (nSPS) is 10.6. The molecule has 0 spiro atoms. The molecule has 2 heterocycles. The fourth-order valence-electron chi connectivity index (χ4n) is 1.56. The first-order valence-electron chi connectivity index (χ1n) is 5.83. The van der Waals surface area contributed by atoms with Crippen molar-refractivity contribution in [3.63, 3.8) is 0 Å². The van der Waals surface area contributed by atoms with Crippen LogP contribution in [-0.4, -0.2) is 23.6 Å². The zero-order valence-corrected chi connectivity index (χ0v) is 11.7. The summed E-state index contributed by atoms with van der Waals surface area (Å²) in [7, 11) is 1.80. The molecule has 0 aliphatic heterocycles. The maximum atomic E-state index is 5.74. The molecule has 4 nitrogen and oxygen atoms in total. The number of aromatic nitrogens is 2. The molecule has 0 saturated heterocycles. The molecule has 0 aliphatic carbocycles. The van der Waals surface area contributed by atoms with E-state index < -0.39 is 0 Å². The lowest BCUT2D eigenvalue weighted by molar-refractivity contribution is 0.313. The van der Waals surface area contributed by atoms with Crippen LogP contribution in [0.1, 0.15) is 18.2 Å². The minimum atomic E-state index is 0.592. The van der Waals surface area contributed by atoms with Crippen molar-refractivity contribution in [2.24, 2.45) is 0 Å². The molecule has 0 unspecified atom stereocenters. The number of hydrogen-bond acceptors (Lipinski definition) is 5. The number of rotatable bonds is 5. The van der Waals surface area contributed by atoms with Gasteiger partial charge in [-0.1, -0.05) is 5.57 Å². The Balaban J connectivity index is 2.31. The summed E-state index contributed by atoms with van der Waals surface area (Å²) in [6, 6.07) is 2.07. The maximum absolute atomic E-state index is 5.74. The lowest BCUT2D eigenvalue weighted by Gasteiger charge is -2.07. The second-order valence-corrected chi connectivity index (χ2v) is 5.47. The Hall–Kier alpha value is -1.62. The first-order chi connectivity index (χ1) is 8.60. The number of thiophene rings is 1. The third-order valence-electron chi connectivity index (χ3n) is 2.47. The summed E-state index contributed by atoms with van der Waals surface area (Å²) in [5, 5.41) is 3.94. The molecular weight excluding hydrogens is 246 g/mol. The molecule has 0 atom stereocenters. The highest BCUT2D eigenvalue weighted by Gasteiger charge is 2.11. The predicted molar refractivity (Wildman–Crippen MR) is 76.6 cm³/mol. The first kappa shape index (κ1) is 12.8. The summed E-state index contributed by atoms with van der Waals surface area (Å²) in [5.74, 6) is 1.24. The van der Waals surface area contributed by atoms with Crippen molar-refractivity contribution < 1.29 is 4.74 Å². The Bertz CT molecular complexity index is 577. The summed E-state index contributed by atoms with van der Waals surface area (Å²) in [6.07, 6.45) is 0.837. The fourth-order valence-corrected chi connectivity index (χ4v) is 2.43. The zero-order chi connectivity index (χ0) is 13.1. The molecule has 5 heteroatoms. The van der Waals surface area contributed by atoms with Crippen LogP contribution in [0.25, 0.3) is 10.2 Å². The predicted octanol–water partition coefficient (Wildman–Crippen LogP) is 3.39. The second-order valence-electron chi connectivity index (χ2n) is 4.23. The lowest BCUT2D eigenvalue weighted by atomic mass is 10.3. The van der Waals surface area contributed by atoms with Crippen molar-refractivity contribution in [1.29, 1.82) is 0 Å². The Morgan fingerprint density at radius 2 is 2.28 bits per heavy atom. The molecule has 96 valence electrons. The lowest BCUT2D eigenvalue weighted by Crippen LogP contribution is -2.03. The van der Waals surface area contributed by atoms with Crippen LogP contribution in [-0.2, 0) is 0 Å². The molecule has 0 radical (unpaired) electrons. The van der Waals surface area contributed by atoms with Gasteiger partial charge < -0.3 is 10.1 Å². The van der Waals surface area contributed by atoms with Crippen LogP contribution in [0, 0.1) is 6.92 Å². The zero-order valence-electron chi connectivity index (χ0n) is 10.9. The van der Waals surface area contributed by atoms with Crippen LogP contribution in [0.2, 0.25) is 0 Å². The Labute approximate surface area is 111 Å². The molecule has 0 aliphatic rings. The minimum absolute atomic E-state index is 0.592. The van der Waals surface area contributed by atoms with Crippen molar-refractivity contribution in [2.45, 2.75) is 20.3 Å². The van der Waals surface area contributed by atoms with Gasteiger partial charge in [-0.25, -0.2) is 4.98 Å². The molecule has 2 aromatic heterocycles. The van der Waals surface area contributed by atoms with Gasteiger partial charge in [0.1, 0.15) is 4.83 Å². The van der Waals surface area contributed by atoms with Crippen molar-refractivity contribution in [1.82, 2.24) is 9.97 Å². The number of fused-ring (bicyclic) bond motifs is 1. The number of nitrogens with one attached hydrogen (secondary N) is 1. The monoisotopic (exact) mass is 263 g/mol. The van der Waals surface area contributed by atoms with E-state index in [0.29, 0.717) is 18.4 Å². The summed E-state index contributed by atoms with van der Waals surface area (Å²) < 4.78 is 5.74. The summed E-state index contributed by atoms with van der Waals surface area (Å²) in [6.45, 7) is 8.51. The van der Waals surface area contributed by atoms with Gasteiger partial charge in [0, 0.05) is 18.3 Å². The smallest absolute Gasteiger partial charge is 0.227 e. The highest BCUT2D eigenvalue weighted by atomic mass is 32.1. The van der Waals surface area contributed by atoms with E-state index >= 15 is 0 Å². The summed E-state index contributed by atoms with van der Waals surface area (Å²) in [4.78, 5) is 10.9. The second kappa shape index (κ2) is 5.35. The molecular formula is C13H17N3OS. The van der Waals surface area contributed by atoms with E-state index in [1.165, 1.54) is 4.88 Å². The van der Waals surface area contributed by atoms with Crippen molar-refractivity contribution >= 4 is 27.5 Å². The highest BCUT2D eigenvalue weighted by Crippen LogP contribution is 2.31. The number of aryl methyl sites for hydroxylation is 1. The number of nitrogens with zero attached hydrogens (tertiary/aromatic N) is 2. The maximum Gasteiger partial charge on any atom is 0.227 e. The van der Waals surface area contributed by atoms with Crippen LogP contribution in [0.4, 0.5) is 5.95 Å². The van der Waals surface area contributed by atoms with Crippen LogP contribution >= 0.6 is 11.3 Å². The standard InChI is InChI=1S/C13H17N3OS/c1-8(2)5-6-17-11-10-7-9(3)18-12(10)16-13(14-4)15-11/h7H,1,5-6H2,2-4H3,(H,14,15,16). The largest absolute Gasteiger partial charge is 0.477 e. The number of hydrogen-bond donors (Lipinski definition) is 1. The van der Waals surface area contributed by atoms with Gasteiger partial charge in [0.05, 0.1) is 12.0 Å². The molecule has 0 bridgehead atoms. The van der Waals surface area contributed by atoms with Gasteiger partial charge in [0.25, 0.3) is 0 Å². The summed E-state index contributed by atoms with van der Waals surface area (Å²) >= 11 is 1.65. The Morgan fingerprint density at radius 3 is 2.94 bits per heavy atom. The SMILES string of the molecule is C=C(C)CCOc1nc(NC)nc2sc(C)cc12. The van der Waals surface area contributed by atoms with E-state index in [1.807, 2.05) is 6.92 Å². The molecule has 0 aromatic carbocycles. The molecule has 2 rings (SSSR count). The summed E-state index contributed by atoms with van der Waals surface area (Å²) in [5.41, 5.74) is 1.11. The average Bonchev–Trinajstić information content (AvgIpc) is 2.68. The van der Waals surface area contributed by atoms with Crippen LogP contribution in [0.3, 0.4) is 0 Å². The van der Waals surface area contributed by atoms with Crippen molar-refractivity contribution in [2.75, 3.05) is 19.0 Å². The third kappa shape index (κ3) is 2.79. The first-order valence-corrected chi connectivity index (χ1v) is 6.65. The molecule has 0 amide bonds. The number of anilines is 1. The van der Waals surface area contributed by atoms with Gasteiger partial charge in [-0.3, -0.25) is 0 Å². The van der Waals surface area contributed by atoms with E-state index in [2.05, 4.69) is 34.9 Å². The Morgan fingerprint density at radius 1 is 1.50 bits per heavy atom. The van der Waals surface area contributed by atoms with E-state index in [1.54, 1.807) is 18.4 Å². The third-order valence-corrected chi connectivity index (χ3v) is 3.42. The van der Waals surface area contributed by atoms with Gasteiger partial charge >= 0.3 is 0 Å². The molecule has 0 fully saturated rings. The van der Waals surface area contributed by atoms with E-state index in [4.69, 9.17) is 4.74 Å². The van der Waals surface area contributed by atoms with E-state index in [9.17, 15) is 0 Å². The van der Waals surface area contributed by atoms with Gasteiger partial charge in [0.15, 0.2) is 0 Å². The molecule has 18 heavy (non-hydrogen) atoms. The number of ether oxygens (including phenoxy) is 1. The van der Waals surface area contributed by atoms with Crippen LogP contribution in [0.5, 0.6) is 5.88 Å². The quantitative estimate of drug-likeness (QED) is 0.840. The highest BCUT2D eigenvalue weighted by molar-refractivity contribution is 7.18. The molecule has 0 saturated carbocycles. The van der Waals surface area contributed by atoms with Crippen molar-refractivity contribution in [3.8, 4) is 5.88 Å². The van der Waals surface area contributed by atoms with Gasteiger partial charge in [-0.05, 0) is 19.9 Å². The minimum Gasteiger partial charge on any atom is -0.477 e. The van der Waals surface area contributed by atoms with Gasteiger partial charge in [-0.15, -0.1) is 17.9 Å². The average molecular weight is 263 g/mol. The topological polar surface area (TPSA) is 47.0 Å². The van der Waals surface area contributed by atoms with E-state index in [-0.39, 0.29) is 0 Å².